The van der Waals surface area contributed by atoms with Crippen LogP contribution in [-0.2, 0) is 14.3 Å². The number of hydrogen-bond acceptors (Lipinski definition) is 4. The number of esters is 1. The largest absolute Gasteiger partial charge is 0.466 e. The van der Waals surface area contributed by atoms with Crippen molar-refractivity contribution < 1.29 is 14.3 Å². The SMILES string of the molecule is CCOC(=O)C[C@H]1CCNC[C@@H]1OC. The second-order valence-corrected chi connectivity index (χ2v) is 3.54. The fourth-order valence-electron chi connectivity index (χ4n) is 1.83. The molecular formula is C10H19NO3. The standard InChI is InChI=1S/C10H19NO3/c1-3-14-10(12)6-8-4-5-11-7-9(8)13-2/h8-9,11H,3-7H2,1-2H3/t8-,9+/m1/s1. The molecule has 0 amide bonds. The summed E-state index contributed by atoms with van der Waals surface area (Å²) in [5.74, 6) is 0.196. The topological polar surface area (TPSA) is 47.6 Å². The Labute approximate surface area is 85.0 Å². The molecule has 1 fully saturated rings. The number of carbonyl (C=O) groups is 1. The fraction of sp³-hybridized carbons (Fsp3) is 0.900. The fourth-order valence-corrected chi connectivity index (χ4v) is 1.83. The average molecular weight is 201 g/mol. The number of piperidine rings is 1. The molecule has 0 aromatic rings. The summed E-state index contributed by atoms with van der Waals surface area (Å²) < 4.78 is 10.2. The lowest BCUT2D eigenvalue weighted by atomic mass is 9.92. The van der Waals surface area contributed by atoms with E-state index in [9.17, 15) is 4.79 Å². The van der Waals surface area contributed by atoms with Crippen molar-refractivity contribution in [3.8, 4) is 0 Å². The Balaban J connectivity index is 2.36. The van der Waals surface area contributed by atoms with Gasteiger partial charge in [0.2, 0.25) is 0 Å². The van der Waals surface area contributed by atoms with Gasteiger partial charge in [-0.2, -0.15) is 0 Å². The summed E-state index contributed by atoms with van der Waals surface area (Å²) in [4.78, 5) is 11.3. The Morgan fingerprint density at radius 2 is 2.36 bits per heavy atom. The molecule has 4 heteroatoms. The highest BCUT2D eigenvalue weighted by atomic mass is 16.5. The molecule has 82 valence electrons. The zero-order valence-corrected chi connectivity index (χ0v) is 8.91. The molecule has 0 bridgehead atoms. The van der Waals surface area contributed by atoms with E-state index in [0.29, 0.717) is 18.9 Å². The van der Waals surface area contributed by atoms with Crippen LogP contribution in [0.25, 0.3) is 0 Å². The van der Waals surface area contributed by atoms with Crippen molar-refractivity contribution in [2.75, 3.05) is 26.8 Å². The molecular weight excluding hydrogens is 182 g/mol. The van der Waals surface area contributed by atoms with Crippen molar-refractivity contribution in [1.29, 1.82) is 0 Å². The summed E-state index contributed by atoms with van der Waals surface area (Å²) in [7, 11) is 1.69. The molecule has 0 saturated carbocycles. The van der Waals surface area contributed by atoms with E-state index in [0.717, 1.165) is 19.5 Å². The minimum absolute atomic E-state index is 0.110. The number of hydrogen-bond donors (Lipinski definition) is 1. The van der Waals surface area contributed by atoms with Crippen molar-refractivity contribution in [2.24, 2.45) is 5.92 Å². The Morgan fingerprint density at radius 1 is 1.57 bits per heavy atom. The Bertz CT molecular complexity index is 184. The second-order valence-electron chi connectivity index (χ2n) is 3.54. The molecule has 0 aliphatic carbocycles. The maximum atomic E-state index is 11.3. The van der Waals surface area contributed by atoms with Crippen LogP contribution in [0.1, 0.15) is 19.8 Å². The summed E-state index contributed by atoms with van der Waals surface area (Å²) in [5, 5.41) is 3.24. The number of carbonyl (C=O) groups excluding carboxylic acids is 1. The van der Waals surface area contributed by atoms with Crippen LogP contribution in [0.3, 0.4) is 0 Å². The van der Waals surface area contributed by atoms with Gasteiger partial charge in [-0.3, -0.25) is 4.79 Å². The van der Waals surface area contributed by atoms with Gasteiger partial charge < -0.3 is 14.8 Å². The summed E-state index contributed by atoms with van der Waals surface area (Å²) in [6.45, 7) is 4.08. The van der Waals surface area contributed by atoms with Gasteiger partial charge in [0.25, 0.3) is 0 Å². The molecule has 1 N–H and O–H groups in total. The lowest BCUT2D eigenvalue weighted by Crippen LogP contribution is -2.42. The first-order valence-corrected chi connectivity index (χ1v) is 5.17. The van der Waals surface area contributed by atoms with Crippen molar-refractivity contribution in [3.05, 3.63) is 0 Å². The molecule has 0 unspecified atom stereocenters. The molecule has 0 radical (unpaired) electrons. The molecule has 0 spiro atoms. The maximum Gasteiger partial charge on any atom is 0.306 e. The minimum Gasteiger partial charge on any atom is -0.466 e. The van der Waals surface area contributed by atoms with Gasteiger partial charge in [-0.1, -0.05) is 0 Å². The highest BCUT2D eigenvalue weighted by Crippen LogP contribution is 2.19. The van der Waals surface area contributed by atoms with Gasteiger partial charge in [0, 0.05) is 13.7 Å². The van der Waals surface area contributed by atoms with E-state index in [2.05, 4.69) is 5.32 Å². The Hall–Kier alpha value is -0.610. The van der Waals surface area contributed by atoms with Gasteiger partial charge in [0.05, 0.1) is 19.1 Å². The van der Waals surface area contributed by atoms with Crippen molar-refractivity contribution in [3.63, 3.8) is 0 Å². The number of ether oxygens (including phenoxy) is 2. The van der Waals surface area contributed by atoms with Crippen molar-refractivity contribution in [1.82, 2.24) is 5.32 Å². The predicted molar refractivity (Wildman–Crippen MR) is 53.0 cm³/mol. The summed E-state index contributed by atoms with van der Waals surface area (Å²) in [6.07, 6.45) is 1.61. The van der Waals surface area contributed by atoms with Crippen LogP contribution in [0.4, 0.5) is 0 Å². The van der Waals surface area contributed by atoms with E-state index in [1.165, 1.54) is 0 Å². The maximum absolute atomic E-state index is 11.3. The van der Waals surface area contributed by atoms with Crippen LogP contribution in [0, 0.1) is 5.92 Å². The van der Waals surface area contributed by atoms with Gasteiger partial charge >= 0.3 is 5.97 Å². The first-order chi connectivity index (χ1) is 6.77. The molecule has 4 nitrogen and oxygen atoms in total. The van der Waals surface area contributed by atoms with E-state index in [1.54, 1.807) is 7.11 Å². The monoisotopic (exact) mass is 201 g/mol. The highest BCUT2D eigenvalue weighted by molar-refractivity contribution is 5.69. The van der Waals surface area contributed by atoms with Gasteiger partial charge in [-0.25, -0.2) is 0 Å². The van der Waals surface area contributed by atoms with Crippen LogP contribution in [-0.4, -0.2) is 38.9 Å². The molecule has 0 aromatic carbocycles. The van der Waals surface area contributed by atoms with Gasteiger partial charge in [0.15, 0.2) is 0 Å². The molecule has 1 rings (SSSR count). The van der Waals surface area contributed by atoms with E-state index in [1.807, 2.05) is 6.92 Å². The summed E-state index contributed by atoms with van der Waals surface area (Å²) >= 11 is 0. The minimum atomic E-state index is -0.110. The number of nitrogens with one attached hydrogen (secondary N) is 1. The van der Waals surface area contributed by atoms with Crippen LogP contribution in [0.15, 0.2) is 0 Å². The van der Waals surface area contributed by atoms with Crippen molar-refractivity contribution in [2.45, 2.75) is 25.9 Å². The molecule has 0 aromatic heterocycles. The second kappa shape index (κ2) is 5.98. The third kappa shape index (κ3) is 3.27. The van der Waals surface area contributed by atoms with E-state index in [-0.39, 0.29) is 12.1 Å². The van der Waals surface area contributed by atoms with E-state index in [4.69, 9.17) is 9.47 Å². The molecule has 1 heterocycles. The van der Waals surface area contributed by atoms with Gasteiger partial charge in [-0.15, -0.1) is 0 Å². The quantitative estimate of drug-likeness (QED) is 0.675. The first-order valence-electron chi connectivity index (χ1n) is 5.17. The normalized spacial score (nSPS) is 27.3. The summed E-state index contributed by atoms with van der Waals surface area (Å²) in [6, 6.07) is 0. The molecule has 1 saturated heterocycles. The first kappa shape index (κ1) is 11.5. The molecule has 1 aliphatic heterocycles. The average Bonchev–Trinajstić information content (AvgIpc) is 2.19. The van der Waals surface area contributed by atoms with Crippen molar-refractivity contribution >= 4 is 5.97 Å². The third-order valence-corrected chi connectivity index (χ3v) is 2.60. The number of rotatable bonds is 4. The molecule has 1 aliphatic rings. The molecule has 2 atom stereocenters. The summed E-state index contributed by atoms with van der Waals surface area (Å²) in [5.41, 5.74) is 0. The Kier molecular flexibility index (Phi) is 4.90. The molecule has 14 heavy (non-hydrogen) atoms. The zero-order valence-electron chi connectivity index (χ0n) is 8.91. The predicted octanol–water partition coefficient (Wildman–Crippen LogP) is 0.564. The highest BCUT2D eigenvalue weighted by Gasteiger charge is 2.27. The van der Waals surface area contributed by atoms with Crippen LogP contribution in [0.5, 0.6) is 0 Å². The van der Waals surface area contributed by atoms with Gasteiger partial charge in [0.1, 0.15) is 0 Å². The van der Waals surface area contributed by atoms with E-state index < -0.39 is 0 Å². The van der Waals surface area contributed by atoms with Crippen LogP contribution < -0.4 is 5.32 Å². The zero-order chi connectivity index (χ0) is 10.4. The third-order valence-electron chi connectivity index (χ3n) is 2.60. The van der Waals surface area contributed by atoms with Crippen LogP contribution >= 0.6 is 0 Å². The van der Waals surface area contributed by atoms with Crippen LogP contribution in [0.2, 0.25) is 0 Å². The van der Waals surface area contributed by atoms with E-state index >= 15 is 0 Å². The lowest BCUT2D eigenvalue weighted by molar-refractivity contribution is -0.145. The smallest absolute Gasteiger partial charge is 0.306 e. The van der Waals surface area contributed by atoms with Gasteiger partial charge in [-0.05, 0) is 25.8 Å². The lowest BCUT2D eigenvalue weighted by Gasteiger charge is -2.30. The Morgan fingerprint density at radius 3 is 3.00 bits per heavy atom. The number of methoxy groups -OCH3 is 1.